The molecular formula is C35H26F3N5O3. The summed E-state index contributed by atoms with van der Waals surface area (Å²) in [4.78, 5) is 35.8. The highest BCUT2D eigenvalue weighted by Crippen LogP contribution is 2.47. The van der Waals surface area contributed by atoms with E-state index < -0.39 is 17.4 Å². The van der Waals surface area contributed by atoms with Gasteiger partial charge in [-0.1, -0.05) is 29.4 Å². The molecule has 8 nitrogen and oxygen atoms in total. The Labute approximate surface area is 260 Å². The van der Waals surface area contributed by atoms with E-state index in [2.05, 4.69) is 10.1 Å². The van der Waals surface area contributed by atoms with Crippen LogP contribution >= 0.6 is 0 Å². The number of H-pyrrole nitrogens is 1. The smallest absolute Gasteiger partial charge is 0.343 e. The minimum absolute atomic E-state index is 0.117. The lowest BCUT2D eigenvalue weighted by Crippen LogP contribution is -2.23. The van der Waals surface area contributed by atoms with Crippen LogP contribution in [0.1, 0.15) is 51.8 Å². The zero-order valence-electron chi connectivity index (χ0n) is 24.4. The first kappa shape index (κ1) is 28.1. The number of hydrogen-bond acceptors (Lipinski definition) is 5. The fraction of sp³-hybridized carbons (Fsp3) is 0.200. The van der Waals surface area contributed by atoms with Crippen molar-refractivity contribution in [2.45, 2.75) is 38.3 Å². The number of hydrogen-bond donors (Lipinski definition) is 1. The number of halogens is 3. The van der Waals surface area contributed by atoms with Crippen LogP contribution in [0.25, 0.3) is 33.4 Å². The van der Waals surface area contributed by atoms with E-state index in [1.165, 1.54) is 18.2 Å². The second-order valence-electron chi connectivity index (χ2n) is 11.8. The molecule has 0 saturated carbocycles. The van der Waals surface area contributed by atoms with Gasteiger partial charge in [-0.3, -0.25) is 19.3 Å². The van der Waals surface area contributed by atoms with Gasteiger partial charge in [-0.15, -0.1) is 0 Å². The lowest BCUT2D eigenvalue weighted by Gasteiger charge is -2.18. The molecular weight excluding hydrogens is 595 g/mol. The van der Waals surface area contributed by atoms with Crippen molar-refractivity contribution in [2.75, 3.05) is 6.54 Å². The monoisotopic (exact) mass is 621 g/mol. The number of aryl methyl sites for hydroxylation is 2. The zero-order valence-corrected chi connectivity index (χ0v) is 24.4. The Morgan fingerprint density at radius 1 is 0.870 bits per heavy atom. The van der Waals surface area contributed by atoms with Crippen molar-refractivity contribution in [1.82, 2.24) is 24.6 Å². The van der Waals surface area contributed by atoms with Crippen molar-refractivity contribution in [2.24, 2.45) is 0 Å². The number of rotatable bonds is 7. The first-order valence-electron chi connectivity index (χ1n) is 15.1. The molecule has 1 amide bonds. The van der Waals surface area contributed by atoms with Gasteiger partial charge in [0.1, 0.15) is 5.82 Å². The normalized spacial score (nSPS) is 15.6. The predicted octanol–water partition coefficient (Wildman–Crippen LogP) is 6.59. The van der Waals surface area contributed by atoms with Gasteiger partial charge in [0.05, 0.1) is 28.6 Å². The topological polar surface area (TPSA) is 97.0 Å². The van der Waals surface area contributed by atoms with Gasteiger partial charge < -0.3 is 9.47 Å². The van der Waals surface area contributed by atoms with E-state index >= 15 is 0 Å². The van der Waals surface area contributed by atoms with Crippen LogP contribution in [0.15, 0.2) is 82.2 Å². The number of aromatic amines is 1. The number of carbonyl (C=O) groups excluding carboxylic acids is 1. The maximum absolute atomic E-state index is 14.0. The summed E-state index contributed by atoms with van der Waals surface area (Å²) in [7, 11) is 0. The van der Waals surface area contributed by atoms with Crippen LogP contribution in [-0.2, 0) is 19.4 Å². The molecule has 1 fully saturated rings. The van der Waals surface area contributed by atoms with Crippen LogP contribution in [0.5, 0.6) is 0 Å². The van der Waals surface area contributed by atoms with Gasteiger partial charge in [0, 0.05) is 35.8 Å². The van der Waals surface area contributed by atoms with Crippen molar-refractivity contribution in [1.29, 1.82) is 0 Å². The third kappa shape index (κ3) is 4.70. The second-order valence-corrected chi connectivity index (χ2v) is 11.8. The van der Waals surface area contributed by atoms with Crippen LogP contribution in [0.3, 0.4) is 0 Å². The molecule has 0 unspecified atom stereocenters. The number of carbonyl (C=O) groups is 1. The molecule has 0 bridgehead atoms. The molecule has 0 radical (unpaired) electrons. The van der Waals surface area contributed by atoms with Gasteiger partial charge in [0.2, 0.25) is 0 Å². The molecule has 230 valence electrons. The molecule has 1 atom stereocenters. The van der Waals surface area contributed by atoms with Gasteiger partial charge in [-0.05, 0) is 84.8 Å². The fourth-order valence-corrected chi connectivity index (χ4v) is 6.85. The SMILES string of the molecule is O=C1c2c(nc(CCc3ccc(F)cc3)c(-c3noc(=O)[nH]3)c2-c2ccc3c(ccn3Cc3ccc(F)c(F)c3)c2)[C@H]2CCCN12. The highest BCUT2D eigenvalue weighted by molar-refractivity contribution is 6.09. The molecule has 8 rings (SSSR count). The number of aromatic nitrogens is 4. The number of benzene rings is 3. The van der Waals surface area contributed by atoms with Crippen molar-refractivity contribution in [3.8, 4) is 22.5 Å². The first-order chi connectivity index (χ1) is 22.3. The van der Waals surface area contributed by atoms with Gasteiger partial charge in [-0.25, -0.2) is 18.0 Å². The number of nitrogens with zero attached hydrogens (tertiary/aromatic N) is 4. The minimum Gasteiger partial charge on any atom is -0.343 e. The number of amides is 1. The van der Waals surface area contributed by atoms with Gasteiger partial charge in [0.25, 0.3) is 5.91 Å². The number of pyridine rings is 1. The quantitative estimate of drug-likeness (QED) is 0.217. The third-order valence-corrected chi connectivity index (χ3v) is 8.98. The van der Waals surface area contributed by atoms with Crippen LogP contribution in [0, 0.1) is 17.5 Å². The fourth-order valence-electron chi connectivity index (χ4n) is 6.85. The van der Waals surface area contributed by atoms with Crippen LogP contribution in [0.2, 0.25) is 0 Å². The summed E-state index contributed by atoms with van der Waals surface area (Å²) in [6.45, 7) is 0.963. The molecule has 3 aromatic carbocycles. The van der Waals surface area contributed by atoms with Crippen LogP contribution in [0.4, 0.5) is 13.2 Å². The molecule has 3 aromatic heterocycles. The minimum atomic E-state index is -0.901. The highest BCUT2D eigenvalue weighted by atomic mass is 19.2. The Hall–Kier alpha value is -5.45. The maximum atomic E-state index is 14.0. The Morgan fingerprint density at radius 2 is 1.70 bits per heavy atom. The summed E-state index contributed by atoms with van der Waals surface area (Å²) in [5, 5.41) is 4.89. The van der Waals surface area contributed by atoms with Gasteiger partial charge in [0.15, 0.2) is 17.5 Å². The van der Waals surface area contributed by atoms with Crippen LogP contribution in [-0.4, -0.2) is 37.0 Å². The molecule has 0 spiro atoms. The number of nitrogens with one attached hydrogen (secondary N) is 1. The van der Waals surface area contributed by atoms with Crippen molar-refractivity contribution in [3.05, 3.63) is 129 Å². The Bertz CT molecular complexity index is 2220. The summed E-state index contributed by atoms with van der Waals surface area (Å²) in [6, 6.07) is 17.7. The predicted molar refractivity (Wildman–Crippen MR) is 164 cm³/mol. The summed E-state index contributed by atoms with van der Waals surface area (Å²) in [6.07, 6.45) is 4.53. The van der Waals surface area contributed by atoms with E-state index in [4.69, 9.17) is 9.51 Å². The molecule has 1 N–H and O–H groups in total. The molecule has 5 heterocycles. The van der Waals surface area contributed by atoms with Crippen LogP contribution < -0.4 is 5.76 Å². The summed E-state index contributed by atoms with van der Waals surface area (Å²) < 4.78 is 47.9. The van der Waals surface area contributed by atoms with Crippen molar-refractivity contribution >= 4 is 16.8 Å². The lowest BCUT2D eigenvalue weighted by molar-refractivity contribution is 0.0776. The van der Waals surface area contributed by atoms with E-state index in [0.29, 0.717) is 59.6 Å². The largest absolute Gasteiger partial charge is 0.439 e. The van der Waals surface area contributed by atoms with E-state index in [0.717, 1.165) is 40.9 Å². The summed E-state index contributed by atoms with van der Waals surface area (Å²) in [5.74, 6) is -2.80. The average molecular weight is 622 g/mol. The molecule has 2 aliphatic heterocycles. The Kier molecular flexibility index (Phi) is 6.63. The van der Waals surface area contributed by atoms with E-state index in [1.807, 2.05) is 39.9 Å². The molecule has 11 heteroatoms. The lowest BCUT2D eigenvalue weighted by atomic mass is 9.89. The molecule has 1 saturated heterocycles. The molecule has 2 aliphatic rings. The molecule has 46 heavy (non-hydrogen) atoms. The highest BCUT2D eigenvalue weighted by Gasteiger charge is 2.44. The van der Waals surface area contributed by atoms with Gasteiger partial charge >= 0.3 is 5.76 Å². The maximum Gasteiger partial charge on any atom is 0.439 e. The van der Waals surface area contributed by atoms with Gasteiger partial charge in [-0.2, -0.15) is 0 Å². The standard InChI is InChI=1S/C35H26F3N5O3/c36-23-8-3-19(4-9-23)6-11-26-30(33-40-35(45)46-41-33)29(31-32(39-26)28-2-1-14-43(28)34(31)44)22-7-12-27-21(17-22)13-15-42(27)18-20-5-10-24(37)25(38)16-20/h3-5,7-10,12-13,15-17,28H,1-2,6,11,14,18H2,(H,40,41,45)/t28-/m1/s1. The first-order valence-corrected chi connectivity index (χ1v) is 15.1. The Morgan fingerprint density at radius 3 is 2.48 bits per heavy atom. The number of fused-ring (bicyclic) bond motifs is 4. The average Bonchev–Trinajstić information content (AvgIpc) is 3.85. The van der Waals surface area contributed by atoms with E-state index in [9.17, 15) is 22.8 Å². The van der Waals surface area contributed by atoms with Crippen molar-refractivity contribution < 1.29 is 22.5 Å². The molecule has 6 aromatic rings. The van der Waals surface area contributed by atoms with E-state index in [1.54, 1.807) is 18.2 Å². The molecule has 0 aliphatic carbocycles. The summed E-state index contributed by atoms with van der Waals surface area (Å²) >= 11 is 0. The second kappa shape index (κ2) is 10.9. The summed E-state index contributed by atoms with van der Waals surface area (Å²) in [5.41, 5.74) is 6.05. The Balaban J connectivity index is 1.29. The zero-order chi connectivity index (χ0) is 31.5. The van der Waals surface area contributed by atoms with E-state index in [-0.39, 0.29) is 23.6 Å². The third-order valence-electron chi connectivity index (χ3n) is 8.98. The van der Waals surface area contributed by atoms with Crippen molar-refractivity contribution in [3.63, 3.8) is 0 Å².